The van der Waals surface area contributed by atoms with Gasteiger partial charge < -0.3 is 5.32 Å². The summed E-state index contributed by atoms with van der Waals surface area (Å²) in [6.07, 6.45) is 0.122. The number of alkyl halides is 3. The van der Waals surface area contributed by atoms with E-state index >= 15 is 0 Å². The van der Waals surface area contributed by atoms with Crippen molar-refractivity contribution in [3.05, 3.63) is 29.3 Å². The maximum atomic E-state index is 12.8. The molecule has 1 aromatic rings. The number of hydrogen-bond acceptors (Lipinski definition) is 1. The number of aryl methyl sites for hydroxylation is 1. The molecule has 0 heterocycles. The first-order valence-corrected chi connectivity index (χ1v) is 7.71. The van der Waals surface area contributed by atoms with Crippen molar-refractivity contribution in [2.24, 2.45) is 11.8 Å². The van der Waals surface area contributed by atoms with Crippen molar-refractivity contribution in [1.82, 2.24) is 0 Å². The molecule has 1 nitrogen and oxygen atoms in total. The fourth-order valence-corrected chi connectivity index (χ4v) is 3.10. The molecule has 1 aromatic carbocycles. The highest BCUT2D eigenvalue weighted by Crippen LogP contribution is 2.34. The quantitative estimate of drug-likeness (QED) is 0.761. The lowest BCUT2D eigenvalue weighted by Crippen LogP contribution is -2.28. The molecule has 0 unspecified atom stereocenters. The van der Waals surface area contributed by atoms with Gasteiger partial charge in [-0.1, -0.05) is 19.9 Å². The standard InChI is InChI=1S/C17H24F3N/c1-11(2)13-5-8-15(9-6-13)21-16-10-14(17(18,19)20)7-4-12(16)3/h4,7,10-11,13,15,21H,5-6,8-9H2,1-3H3. The smallest absolute Gasteiger partial charge is 0.382 e. The molecule has 0 bridgehead atoms. The Balaban J connectivity index is 2.03. The van der Waals surface area contributed by atoms with Gasteiger partial charge in [-0.3, -0.25) is 0 Å². The second kappa shape index (κ2) is 6.29. The molecular formula is C17H24F3N. The van der Waals surface area contributed by atoms with Crippen LogP contribution in [0, 0.1) is 18.8 Å². The molecule has 2 rings (SSSR count). The minimum atomic E-state index is -4.28. The first-order valence-electron chi connectivity index (χ1n) is 7.71. The molecule has 21 heavy (non-hydrogen) atoms. The van der Waals surface area contributed by atoms with Crippen molar-refractivity contribution in [3.63, 3.8) is 0 Å². The minimum Gasteiger partial charge on any atom is -0.382 e. The Morgan fingerprint density at radius 1 is 1.10 bits per heavy atom. The van der Waals surface area contributed by atoms with Crippen molar-refractivity contribution in [1.29, 1.82) is 0 Å². The van der Waals surface area contributed by atoms with E-state index in [9.17, 15) is 13.2 Å². The number of anilines is 1. The molecule has 0 atom stereocenters. The van der Waals surface area contributed by atoms with Crippen molar-refractivity contribution in [2.45, 2.75) is 58.7 Å². The fourth-order valence-electron chi connectivity index (χ4n) is 3.10. The van der Waals surface area contributed by atoms with Crippen LogP contribution in [0.5, 0.6) is 0 Å². The Hall–Kier alpha value is -1.19. The first kappa shape index (κ1) is 16.2. The SMILES string of the molecule is Cc1ccc(C(F)(F)F)cc1NC1CCC(C(C)C)CC1. The maximum Gasteiger partial charge on any atom is 0.416 e. The van der Waals surface area contributed by atoms with E-state index in [1.807, 2.05) is 6.92 Å². The van der Waals surface area contributed by atoms with E-state index in [0.717, 1.165) is 43.2 Å². The minimum absolute atomic E-state index is 0.294. The van der Waals surface area contributed by atoms with E-state index < -0.39 is 11.7 Å². The number of hydrogen-bond donors (Lipinski definition) is 1. The molecule has 1 N–H and O–H groups in total. The summed E-state index contributed by atoms with van der Waals surface area (Å²) in [5, 5.41) is 3.32. The zero-order valence-corrected chi connectivity index (χ0v) is 12.9. The van der Waals surface area contributed by atoms with Gasteiger partial charge in [0.05, 0.1) is 5.56 Å². The predicted octanol–water partition coefficient (Wildman–Crippen LogP) is 5.64. The van der Waals surface area contributed by atoms with E-state index in [1.165, 1.54) is 6.07 Å². The molecule has 1 saturated carbocycles. The monoisotopic (exact) mass is 299 g/mol. The molecule has 1 aliphatic rings. The molecule has 0 spiro atoms. The van der Waals surface area contributed by atoms with Gasteiger partial charge in [0, 0.05) is 11.7 Å². The van der Waals surface area contributed by atoms with Gasteiger partial charge in [-0.05, 0) is 62.1 Å². The van der Waals surface area contributed by atoms with Gasteiger partial charge in [0.2, 0.25) is 0 Å². The Morgan fingerprint density at radius 3 is 2.24 bits per heavy atom. The Kier molecular flexibility index (Phi) is 4.84. The summed E-state index contributed by atoms with van der Waals surface area (Å²) in [6, 6.07) is 4.23. The van der Waals surface area contributed by atoms with E-state index in [2.05, 4.69) is 19.2 Å². The van der Waals surface area contributed by atoms with Gasteiger partial charge in [0.15, 0.2) is 0 Å². The molecule has 118 valence electrons. The lowest BCUT2D eigenvalue weighted by Gasteiger charge is -2.32. The van der Waals surface area contributed by atoms with Gasteiger partial charge in [-0.25, -0.2) is 0 Å². The van der Waals surface area contributed by atoms with Crippen LogP contribution in [0.25, 0.3) is 0 Å². The highest BCUT2D eigenvalue weighted by molar-refractivity contribution is 5.53. The van der Waals surface area contributed by atoms with E-state index in [1.54, 1.807) is 6.07 Å². The van der Waals surface area contributed by atoms with Crippen LogP contribution < -0.4 is 5.32 Å². The summed E-state index contributed by atoms with van der Waals surface area (Å²) in [4.78, 5) is 0. The Labute approximate surface area is 124 Å². The molecule has 0 saturated heterocycles. The van der Waals surface area contributed by atoms with Gasteiger partial charge in [-0.2, -0.15) is 13.2 Å². The maximum absolute atomic E-state index is 12.8. The molecule has 0 radical (unpaired) electrons. The van der Waals surface area contributed by atoms with Gasteiger partial charge in [-0.15, -0.1) is 0 Å². The second-order valence-corrected chi connectivity index (χ2v) is 6.53. The van der Waals surface area contributed by atoms with Crippen molar-refractivity contribution >= 4 is 5.69 Å². The molecule has 0 aromatic heterocycles. The topological polar surface area (TPSA) is 12.0 Å². The summed E-state index contributed by atoms with van der Waals surface area (Å²) in [5.41, 5.74) is 0.915. The van der Waals surface area contributed by atoms with Gasteiger partial charge in [0.25, 0.3) is 0 Å². The first-order chi connectivity index (χ1) is 9.77. The van der Waals surface area contributed by atoms with E-state index in [0.29, 0.717) is 17.6 Å². The third-order valence-corrected chi connectivity index (χ3v) is 4.64. The highest BCUT2D eigenvalue weighted by atomic mass is 19.4. The Bertz CT molecular complexity index is 471. The third kappa shape index (κ3) is 4.14. The number of benzene rings is 1. The molecular weight excluding hydrogens is 275 g/mol. The van der Waals surface area contributed by atoms with Crippen LogP contribution in [0.15, 0.2) is 18.2 Å². The fraction of sp³-hybridized carbons (Fsp3) is 0.647. The molecule has 0 amide bonds. The van der Waals surface area contributed by atoms with E-state index in [-0.39, 0.29) is 0 Å². The van der Waals surface area contributed by atoms with Crippen LogP contribution in [-0.2, 0) is 6.18 Å². The third-order valence-electron chi connectivity index (χ3n) is 4.64. The van der Waals surface area contributed by atoms with Gasteiger partial charge in [0.1, 0.15) is 0 Å². The summed E-state index contributed by atoms with van der Waals surface area (Å²) < 4.78 is 38.4. The molecule has 0 aliphatic heterocycles. The molecule has 1 aliphatic carbocycles. The van der Waals surface area contributed by atoms with Crippen LogP contribution >= 0.6 is 0 Å². The predicted molar refractivity (Wildman–Crippen MR) is 80.4 cm³/mol. The summed E-state index contributed by atoms with van der Waals surface area (Å²) in [7, 11) is 0. The van der Waals surface area contributed by atoms with E-state index in [4.69, 9.17) is 0 Å². The van der Waals surface area contributed by atoms with Crippen molar-refractivity contribution in [2.75, 3.05) is 5.32 Å². The highest BCUT2D eigenvalue weighted by Gasteiger charge is 2.31. The second-order valence-electron chi connectivity index (χ2n) is 6.53. The van der Waals surface area contributed by atoms with Gasteiger partial charge >= 0.3 is 6.18 Å². The number of rotatable bonds is 3. The summed E-state index contributed by atoms with van der Waals surface area (Å²) in [5.74, 6) is 1.45. The van der Waals surface area contributed by atoms with Crippen LogP contribution in [0.1, 0.15) is 50.7 Å². The Morgan fingerprint density at radius 2 is 1.71 bits per heavy atom. The largest absolute Gasteiger partial charge is 0.416 e. The average molecular weight is 299 g/mol. The average Bonchev–Trinajstić information content (AvgIpc) is 2.40. The zero-order valence-electron chi connectivity index (χ0n) is 12.9. The lowest BCUT2D eigenvalue weighted by molar-refractivity contribution is -0.137. The lowest BCUT2D eigenvalue weighted by atomic mass is 9.79. The summed E-state index contributed by atoms with van der Waals surface area (Å²) in [6.45, 7) is 6.34. The van der Waals surface area contributed by atoms with Crippen LogP contribution in [0.3, 0.4) is 0 Å². The van der Waals surface area contributed by atoms with Crippen molar-refractivity contribution in [3.8, 4) is 0 Å². The number of nitrogens with one attached hydrogen (secondary N) is 1. The normalized spacial score (nSPS) is 23.4. The zero-order chi connectivity index (χ0) is 15.6. The number of halogens is 3. The van der Waals surface area contributed by atoms with Crippen molar-refractivity contribution < 1.29 is 13.2 Å². The molecule has 4 heteroatoms. The molecule has 1 fully saturated rings. The van der Waals surface area contributed by atoms with Crippen LogP contribution in [0.2, 0.25) is 0 Å². The van der Waals surface area contributed by atoms with Crippen LogP contribution in [0.4, 0.5) is 18.9 Å². The van der Waals surface area contributed by atoms with Crippen LogP contribution in [-0.4, -0.2) is 6.04 Å². The summed E-state index contributed by atoms with van der Waals surface area (Å²) >= 11 is 0.